The third-order valence-electron chi connectivity index (χ3n) is 6.03. The van der Waals surface area contributed by atoms with Crippen LogP contribution in [0.1, 0.15) is 11.7 Å². The molecule has 2 amide bonds. The Balaban J connectivity index is 1.58. The predicted molar refractivity (Wildman–Crippen MR) is 155 cm³/mol. The Morgan fingerprint density at radius 3 is 2.45 bits per heavy atom. The highest BCUT2D eigenvalue weighted by atomic mass is 16.6. The quantitative estimate of drug-likeness (QED) is 0.150. The van der Waals surface area contributed by atoms with Crippen molar-refractivity contribution >= 4 is 39.8 Å². The molecule has 9 heteroatoms. The topological polar surface area (TPSA) is 132 Å². The van der Waals surface area contributed by atoms with Crippen LogP contribution < -0.4 is 21.1 Å². The van der Waals surface area contributed by atoms with Gasteiger partial charge in [0.15, 0.2) is 6.10 Å². The molecule has 4 rings (SSSR count). The van der Waals surface area contributed by atoms with Crippen molar-refractivity contribution in [2.24, 2.45) is 0 Å². The zero-order chi connectivity index (χ0) is 28.3. The minimum absolute atomic E-state index is 0.104. The number of benzene rings is 4. The standard InChI is InChI=1S/C31H31N3O6/c1-38-28(16-17-29(36)33-27-14-5-4-13-25(27)32)30(22-10-6-11-23(20-22)39-19-18-35)40-31(37)34-26-15-7-9-21-8-2-3-12-24(21)26/h2-17,20,28,30,35H,18-19,32H2,1H3,(H,33,36)(H,34,37)/b17-16+/t28-,30-/m0/s1. The third kappa shape index (κ3) is 7.37. The van der Waals surface area contributed by atoms with Gasteiger partial charge in [0, 0.05) is 18.6 Å². The van der Waals surface area contributed by atoms with E-state index >= 15 is 0 Å². The summed E-state index contributed by atoms with van der Waals surface area (Å²) in [7, 11) is 1.45. The number of carbonyl (C=O) groups is 2. The fourth-order valence-electron chi connectivity index (χ4n) is 4.13. The number of amides is 2. The fourth-order valence-corrected chi connectivity index (χ4v) is 4.13. The Morgan fingerprint density at radius 2 is 1.65 bits per heavy atom. The minimum atomic E-state index is -0.955. The average molecular weight is 542 g/mol. The van der Waals surface area contributed by atoms with Crippen LogP contribution in [0.25, 0.3) is 10.8 Å². The summed E-state index contributed by atoms with van der Waals surface area (Å²) in [4.78, 5) is 25.8. The summed E-state index contributed by atoms with van der Waals surface area (Å²) in [5.41, 5.74) is 7.98. The van der Waals surface area contributed by atoms with E-state index in [4.69, 9.17) is 25.1 Å². The molecule has 5 N–H and O–H groups in total. The molecule has 4 aromatic carbocycles. The molecule has 0 radical (unpaired) electrons. The Bertz CT molecular complexity index is 1480. The van der Waals surface area contributed by atoms with Gasteiger partial charge >= 0.3 is 6.09 Å². The van der Waals surface area contributed by atoms with E-state index in [9.17, 15) is 9.59 Å². The number of aliphatic hydroxyl groups excluding tert-OH is 1. The van der Waals surface area contributed by atoms with Crippen molar-refractivity contribution in [1.82, 2.24) is 0 Å². The SMILES string of the molecule is CO[C@@H](/C=C/C(=O)Nc1ccccc1N)[C@@H](OC(=O)Nc1cccc2ccccc12)c1cccc(OCCO)c1. The van der Waals surface area contributed by atoms with E-state index in [1.807, 2.05) is 36.4 Å². The number of ether oxygens (including phenoxy) is 3. The number of nitrogen functional groups attached to an aromatic ring is 1. The molecule has 0 bridgehead atoms. The van der Waals surface area contributed by atoms with Gasteiger partial charge in [0.1, 0.15) is 18.5 Å². The highest BCUT2D eigenvalue weighted by molar-refractivity contribution is 6.01. The number of nitrogens with one attached hydrogen (secondary N) is 2. The first-order valence-corrected chi connectivity index (χ1v) is 12.6. The Labute approximate surface area is 232 Å². The van der Waals surface area contributed by atoms with Crippen LogP contribution in [0, 0.1) is 0 Å². The van der Waals surface area contributed by atoms with Crippen LogP contribution in [-0.4, -0.2) is 43.5 Å². The van der Waals surface area contributed by atoms with Crippen molar-refractivity contribution in [3.05, 3.63) is 109 Å². The molecule has 0 aliphatic rings. The van der Waals surface area contributed by atoms with E-state index in [-0.39, 0.29) is 13.2 Å². The van der Waals surface area contributed by atoms with Crippen molar-refractivity contribution in [2.75, 3.05) is 36.7 Å². The summed E-state index contributed by atoms with van der Waals surface area (Å²) < 4.78 is 17.1. The number of methoxy groups -OCH3 is 1. The maximum Gasteiger partial charge on any atom is 0.412 e. The van der Waals surface area contributed by atoms with Crippen LogP contribution in [0.5, 0.6) is 5.75 Å². The number of fused-ring (bicyclic) bond motifs is 1. The summed E-state index contributed by atoms with van der Waals surface area (Å²) in [5.74, 6) is 0.0460. The predicted octanol–water partition coefficient (Wildman–Crippen LogP) is 5.29. The minimum Gasteiger partial charge on any atom is -0.491 e. The highest BCUT2D eigenvalue weighted by Crippen LogP contribution is 2.29. The Kier molecular flexibility index (Phi) is 9.71. The van der Waals surface area contributed by atoms with E-state index in [1.54, 1.807) is 54.6 Å². The second-order valence-electron chi connectivity index (χ2n) is 8.76. The first-order valence-electron chi connectivity index (χ1n) is 12.6. The second-order valence-corrected chi connectivity index (χ2v) is 8.76. The number of anilines is 3. The van der Waals surface area contributed by atoms with Crippen molar-refractivity contribution < 1.29 is 28.9 Å². The molecule has 0 unspecified atom stereocenters. The van der Waals surface area contributed by atoms with E-state index in [0.29, 0.717) is 28.4 Å². The lowest BCUT2D eigenvalue weighted by Gasteiger charge is -2.25. The van der Waals surface area contributed by atoms with Crippen molar-refractivity contribution in [1.29, 1.82) is 0 Å². The molecule has 0 aromatic heterocycles. The molecule has 2 atom stereocenters. The lowest BCUT2D eigenvalue weighted by molar-refractivity contribution is -0.112. The second kappa shape index (κ2) is 13.8. The fraction of sp³-hybridized carbons (Fsp3) is 0.161. The molecule has 0 saturated carbocycles. The van der Waals surface area contributed by atoms with Crippen LogP contribution in [-0.2, 0) is 14.3 Å². The number of para-hydroxylation sites is 2. The number of rotatable bonds is 11. The molecule has 0 fully saturated rings. The van der Waals surface area contributed by atoms with Gasteiger partial charge in [-0.25, -0.2) is 4.79 Å². The lowest BCUT2D eigenvalue weighted by atomic mass is 10.0. The van der Waals surface area contributed by atoms with Gasteiger partial charge < -0.3 is 30.4 Å². The molecular formula is C31H31N3O6. The Hall–Kier alpha value is -4.86. The summed E-state index contributed by atoms with van der Waals surface area (Å²) in [6, 6.07) is 27.1. The average Bonchev–Trinajstić information content (AvgIpc) is 2.97. The highest BCUT2D eigenvalue weighted by Gasteiger charge is 2.26. The van der Waals surface area contributed by atoms with E-state index < -0.39 is 24.2 Å². The van der Waals surface area contributed by atoms with Gasteiger partial charge in [-0.3, -0.25) is 10.1 Å². The van der Waals surface area contributed by atoms with Gasteiger partial charge in [-0.15, -0.1) is 0 Å². The summed E-state index contributed by atoms with van der Waals surface area (Å²) in [5, 5.41) is 16.5. The number of carbonyl (C=O) groups excluding carboxylic acids is 2. The number of hydrogen-bond acceptors (Lipinski definition) is 7. The largest absolute Gasteiger partial charge is 0.491 e. The molecular weight excluding hydrogens is 510 g/mol. The summed E-state index contributed by atoms with van der Waals surface area (Å²) in [6.45, 7) is -0.0466. The van der Waals surface area contributed by atoms with Crippen LogP contribution in [0.3, 0.4) is 0 Å². The normalized spacial score (nSPS) is 12.6. The Morgan fingerprint density at radius 1 is 0.925 bits per heavy atom. The number of hydrogen-bond donors (Lipinski definition) is 4. The molecule has 0 heterocycles. The first-order chi connectivity index (χ1) is 19.5. The maximum absolute atomic E-state index is 13.2. The number of nitrogens with two attached hydrogens (primary N) is 1. The van der Waals surface area contributed by atoms with Gasteiger partial charge in [-0.05, 0) is 47.4 Å². The van der Waals surface area contributed by atoms with Gasteiger partial charge in [0.05, 0.1) is 23.7 Å². The molecule has 4 aromatic rings. The van der Waals surface area contributed by atoms with Gasteiger partial charge in [-0.1, -0.05) is 60.7 Å². The van der Waals surface area contributed by atoms with Gasteiger partial charge in [0.25, 0.3) is 0 Å². The van der Waals surface area contributed by atoms with Crippen LogP contribution in [0.2, 0.25) is 0 Å². The van der Waals surface area contributed by atoms with Crippen LogP contribution >= 0.6 is 0 Å². The van der Waals surface area contributed by atoms with Crippen LogP contribution in [0.15, 0.2) is 103 Å². The zero-order valence-electron chi connectivity index (χ0n) is 21.9. The summed E-state index contributed by atoms with van der Waals surface area (Å²) >= 11 is 0. The smallest absolute Gasteiger partial charge is 0.412 e. The molecule has 0 aliphatic carbocycles. The maximum atomic E-state index is 13.2. The van der Waals surface area contributed by atoms with E-state index in [0.717, 1.165) is 10.8 Å². The van der Waals surface area contributed by atoms with Crippen LogP contribution in [0.4, 0.5) is 21.9 Å². The lowest BCUT2D eigenvalue weighted by Crippen LogP contribution is -2.27. The zero-order valence-corrected chi connectivity index (χ0v) is 21.9. The number of aliphatic hydroxyl groups is 1. The summed E-state index contributed by atoms with van der Waals surface area (Å²) in [6.07, 6.45) is 0.297. The third-order valence-corrected chi connectivity index (χ3v) is 6.03. The molecule has 0 aliphatic heterocycles. The molecule has 206 valence electrons. The van der Waals surface area contributed by atoms with Crippen molar-refractivity contribution in [3.8, 4) is 5.75 Å². The van der Waals surface area contributed by atoms with Gasteiger partial charge in [-0.2, -0.15) is 0 Å². The molecule has 0 spiro atoms. The van der Waals surface area contributed by atoms with Gasteiger partial charge in [0.2, 0.25) is 5.91 Å². The molecule has 40 heavy (non-hydrogen) atoms. The van der Waals surface area contributed by atoms with E-state index in [1.165, 1.54) is 19.3 Å². The monoisotopic (exact) mass is 541 g/mol. The van der Waals surface area contributed by atoms with E-state index in [2.05, 4.69) is 10.6 Å². The molecule has 0 saturated heterocycles. The van der Waals surface area contributed by atoms with Crippen molar-refractivity contribution in [3.63, 3.8) is 0 Å². The van der Waals surface area contributed by atoms with Crippen molar-refractivity contribution in [2.45, 2.75) is 12.2 Å². The molecule has 9 nitrogen and oxygen atoms in total. The first kappa shape index (κ1) is 28.2.